The van der Waals surface area contributed by atoms with Crippen molar-refractivity contribution in [1.82, 2.24) is 4.31 Å². The number of hydrogen-bond acceptors (Lipinski definition) is 5. The number of hydrogen-bond donors (Lipinski definition) is 1. The molecule has 1 aromatic rings. The van der Waals surface area contributed by atoms with Gasteiger partial charge in [-0.2, -0.15) is 4.31 Å². The van der Waals surface area contributed by atoms with Crippen LogP contribution in [0, 0.1) is 0 Å². The summed E-state index contributed by atoms with van der Waals surface area (Å²) in [6.07, 6.45) is 0.729. The van der Waals surface area contributed by atoms with E-state index in [1.807, 2.05) is 0 Å². The van der Waals surface area contributed by atoms with E-state index in [0.29, 0.717) is 28.3 Å². The van der Waals surface area contributed by atoms with Gasteiger partial charge in [-0.15, -0.1) is 11.3 Å². The summed E-state index contributed by atoms with van der Waals surface area (Å²) in [5, 5.41) is 0. The Kier molecular flexibility index (Phi) is 4.45. The lowest BCUT2D eigenvalue weighted by atomic mass is 10.3. The maximum Gasteiger partial charge on any atom is 0.245 e. The normalized spacial score (nSPS) is 21.6. The van der Waals surface area contributed by atoms with Crippen molar-refractivity contribution >= 4 is 37.3 Å². The second-order valence-corrected chi connectivity index (χ2v) is 8.43. The van der Waals surface area contributed by atoms with Crippen LogP contribution in [-0.4, -0.2) is 39.0 Å². The number of rotatable bonds is 4. The van der Waals surface area contributed by atoms with Crippen LogP contribution in [0.4, 0.5) is 0 Å². The van der Waals surface area contributed by atoms with E-state index in [0.717, 1.165) is 11.3 Å². The highest BCUT2D eigenvalue weighted by Gasteiger charge is 2.34. The number of nitrogens with zero attached hydrogens (tertiary/aromatic N) is 1. The molecule has 2 N–H and O–H groups in total. The molecular formula is C10H15BrN2O3S2. The van der Waals surface area contributed by atoms with Crippen molar-refractivity contribution in [2.24, 2.45) is 5.73 Å². The fraction of sp³-hybridized carbons (Fsp3) is 0.600. The molecule has 1 aromatic heterocycles. The summed E-state index contributed by atoms with van der Waals surface area (Å²) in [6, 6.07) is 1.64. The monoisotopic (exact) mass is 354 g/mol. The smallest absolute Gasteiger partial charge is 0.245 e. The number of thiophene rings is 1. The minimum Gasteiger partial charge on any atom is -0.380 e. The van der Waals surface area contributed by atoms with Gasteiger partial charge in [0, 0.05) is 31.6 Å². The molecule has 1 atom stereocenters. The van der Waals surface area contributed by atoms with Gasteiger partial charge in [0.05, 0.1) is 9.89 Å². The van der Waals surface area contributed by atoms with E-state index in [-0.39, 0.29) is 6.10 Å². The van der Waals surface area contributed by atoms with Gasteiger partial charge < -0.3 is 10.5 Å². The first-order chi connectivity index (χ1) is 8.48. The molecule has 1 aliphatic rings. The molecule has 8 heteroatoms. The Morgan fingerprint density at radius 1 is 1.67 bits per heavy atom. The van der Waals surface area contributed by atoms with E-state index in [1.165, 1.54) is 15.6 Å². The molecule has 18 heavy (non-hydrogen) atoms. The van der Waals surface area contributed by atoms with Gasteiger partial charge in [0.25, 0.3) is 0 Å². The maximum atomic E-state index is 12.5. The summed E-state index contributed by atoms with van der Waals surface area (Å²) in [5.41, 5.74) is 5.53. The molecule has 0 aromatic carbocycles. The summed E-state index contributed by atoms with van der Waals surface area (Å²) in [4.78, 5) is 1.16. The first kappa shape index (κ1) is 14.4. The Hall–Kier alpha value is 0.01000. The van der Waals surface area contributed by atoms with Crippen molar-refractivity contribution in [3.05, 3.63) is 14.7 Å². The Balaban J connectivity index is 2.28. The number of methoxy groups -OCH3 is 1. The van der Waals surface area contributed by atoms with Gasteiger partial charge in [-0.05, 0) is 28.4 Å². The Labute approximate surface area is 119 Å². The lowest BCUT2D eigenvalue weighted by molar-refractivity contribution is 0.115. The second kappa shape index (κ2) is 5.56. The van der Waals surface area contributed by atoms with Gasteiger partial charge >= 0.3 is 0 Å². The highest BCUT2D eigenvalue weighted by atomic mass is 79.9. The molecule has 5 nitrogen and oxygen atoms in total. The second-order valence-electron chi connectivity index (χ2n) is 4.06. The minimum absolute atomic E-state index is 0.00818. The van der Waals surface area contributed by atoms with Crippen LogP contribution < -0.4 is 5.73 Å². The zero-order valence-corrected chi connectivity index (χ0v) is 13.1. The summed E-state index contributed by atoms with van der Waals surface area (Å²) in [6.45, 7) is 1.26. The van der Waals surface area contributed by atoms with E-state index in [1.54, 1.807) is 13.2 Å². The Bertz CT molecular complexity index is 529. The molecule has 0 aliphatic carbocycles. The topological polar surface area (TPSA) is 72.6 Å². The van der Waals surface area contributed by atoms with Gasteiger partial charge in [0.2, 0.25) is 10.0 Å². The van der Waals surface area contributed by atoms with Crippen LogP contribution in [0.1, 0.15) is 11.3 Å². The fourth-order valence-electron chi connectivity index (χ4n) is 1.92. The molecule has 1 saturated heterocycles. The summed E-state index contributed by atoms with van der Waals surface area (Å²) in [5.74, 6) is 0. The average molecular weight is 355 g/mol. The fourth-order valence-corrected chi connectivity index (χ4v) is 5.92. The van der Waals surface area contributed by atoms with Gasteiger partial charge in [0.1, 0.15) is 4.90 Å². The third kappa shape index (κ3) is 2.63. The third-order valence-electron chi connectivity index (χ3n) is 2.97. The van der Waals surface area contributed by atoms with Crippen LogP contribution >= 0.6 is 27.3 Å². The molecule has 0 amide bonds. The van der Waals surface area contributed by atoms with Gasteiger partial charge in [-0.3, -0.25) is 0 Å². The molecule has 0 radical (unpaired) electrons. The molecule has 0 saturated carbocycles. The van der Waals surface area contributed by atoms with Gasteiger partial charge in [-0.25, -0.2) is 8.42 Å². The molecule has 2 rings (SSSR count). The maximum absolute atomic E-state index is 12.5. The lowest BCUT2D eigenvalue weighted by Crippen LogP contribution is -2.30. The molecule has 1 aliphatic heterocycles. The van der Waals surface area contributed by atoms with Crippen molar-refractivity contribution in [3.63, 3.8) is 0 Å². The molecular weight excluding hydrogens is 340 g/mol. The van der Waals surface area contributed by atoms with Gasteiger partial charge in [0.15, 0.2) is 0 Å². The van der Waals surface area contributed by atoms with Gasteiger partial charge in [-0.1, -0.05) is 0 Å². The number of nitrogens with two attached hydrogens (primary N) is 1. The minimum atomic E-state index is -3.44. The predicted molar refractivity (Wildman–Crippen MR) is 74.1 cm³/mol. The average Bonchev–Trinajstić information content (AvgIpc) is 2.95. The van der Waals surface area contributed by atoms with E-state index in [9.17, 15) is 8.42 Å². The number of ether oxygens (including phenoxy) is 1. The highest BCUT2D eigenvalue weighted by molar-refractivity contribution is 9.11. The largest absolute Gasteiger partial charge is 0.380 e. The molecule has 1 fully saturated rings. The molecule has 0 bridgehead atoms. The summed E-state index contributed by atoms with van der Waals surface area (Å²) < 4.78 is 32.2. The van der Waals surface area contributed by atoms with Crippen LogP contribution in [-0.2, 0) is 21.3 Å². The molecule has 102 valence electrons. The molecule has 1 unspecified atom stereocenters. The van der Waals surface area contributed by atoms with Crippen LogP contribution in [0.3, 0.4) is 0 Å². The third-order valence-corrected chi connectivity index (χ3v) is 7.11. The quantitative estimate of drug-likeness (QED) is 0.886. The zero-order valence-electron chi connectivity index (χ0n) is 9.93. The van der Waals surface area contributed by atoms with Crippen LogP contribution in [0.15, 0.2) is 14.7 Å². The zero-order chi connectivity index (χ0) is 13.3. The van der Waals surface area contributed by atoms with E-state index < -0.39 is 10.0 Å². The molecule has 2 heterocycles. The Morgan fingerprint density at radius 3 is 2.89 bits per heavy atom. The predicted octanol–water partition coefficient (Wildman–Crippen LogP) is 1.38. The first-order valence-corrected chi connectivity index (χ1v) is 8.55. The lowest BCUT2D eigenvalue weighted by Gasteiger charge is -2.15. The first-order valence-electron chi connectivity index (χ1n) is 5.50. The Morgan fingerprint density at radius 2 is 2.39 bits per heavy atom. The van der Waals surface area contributed by atoms with Crippen molar-refractivity contribution < 1.29 is 13.2 Å². The SMILES string of the molecule is COC1CCN(S(=O)(=O)c2cc(CN)sc2Br)C1. The number of sulfonamides is 1. The van der Waals surface area contributed by atoms with Crippen LogP contribution in [0.2, 0.25) is 0 Å². The number of halogens is 1. The van der Waals surface area contributed by atoms with Crippen molar-refractivity contribution in [2.75, 3.05) is 20.2 Å². The van der Waals surface area contributed by atoms with E-state index in [4.69, 9.17) is 10.5 Å². The summed E-state index contributed by atoms with van der Waals surface area (Å²) in [7, 11) is -1.84. The van der Waals surface area contributed by atoms with E-state index in [2.05, 4.69) is 15.9 Å². The highest BCUT2D eigenvalue weighted by Crippen LogP contribution is 2.34. The van der Waals surface area contributed by atoms with Crippen LogP contribution in [0.5, 0.6) is 0 Å². The standard InChI is InChI=1S/C10H15BrN2O3S2/c1-16-7-2-3-13(6-7)18(14,15)9-4-8(5-12)17-10(9)11/h4,7H,2-3,5-6,12H2,1H3. The van der Waals surface area contributed by atoms with Crippen molar-refractivity contribution in [2.45, 2.75) is 24.0 Å². The van der Waals surface area contributed by atoms with Crippen LogP contribution in [0.25, 0.3) is 0 Å². The van der Waals surface area contributed by atoms with Crippen molar-refractivity contribution in [1.29, 1.82) is 0 Å². The van der Waals surface area contributed by atoms with E-state index >= 15 is 0 Å². The molecule has 0 spiro atoms. The van der Waals surface area contributed by atoms with Crippen molar-refractivity contribution in [3.8, 4) is 0 Å². The summed E-state index contributed by atoms with van der Waals surface area (Å²) >= 11 is 4.66.